The number of rotatable bonds is 7. The number of aromatic nitrogens is 6. The second-order valence-electron chi connectivity index (χ2n) is 9.59. The van der Waals surface area contributed by atoms with Gasteiger partial charge in [0.2, 0.25) is 11.9 Å². The van der Waals surface area contributed by atoms with E-state index >= 15 is 0 Å². The van der Waals surface area contributed by atoms with Crippen molar-refractivity contribution in [3.05, 3.63) is 53.7 Å². The number of fused-ring (bicyclic) bond motifs is 1. The van der Waals surface area contributed by atoms with Crippen LogP contribution in [0.25, 0.3) is 22.3 Å². The van der Waals surface area contributed by atoms with Crippen molar-refractivity contribution in [3.63, 3.8) is 0 Å². The van der Waals surface area contributed by atoms with Gasteiger partial charge in [-0.15, -0.1) is 0 Å². The number of halogens is 2. The lowest BCUT2D eigenvalue weighted by molar-refractivity contribution is 0.132. The standard InChI is InChI=1S/C26H31F2N9.C2H6/c1-5-35-6-8-36(9-7-35)15-18-12-29-25(30-13-18)34-26-31-14-21(28)23(33-26)19-10-20(27)24-22(11-19)37(16(2)3)17(4)32-24;1-2/h10-14,16H,5-9,15H2,1-4H3,(H,29,30,31,33,34);1-2H3. The van der Waals surface area contributed by atoms with Crippen molar-refractivity contribution in [2.75, 3.05) is 38.0 Å². The van der Waals surface area contributed by atoms with Crippen LogP contribution in [0.3, 0.4) is 0 Å². The number of nitrogens with zero attached hydrogens (tertiary/aromatic N) is 8. The molecule has 0 unspecified atom stereocenters. The summed E-state index contributed by atoms with van der Waals surface area (Å²) in [5.41, 5.74) is 2.13. The smallest absolute Gasteiger partial charge is 0.230 e. The second kappa shape index (κ2) is 12.5. The average molecular weight is 538 g/mol. The van der Waals surface area contributed by atoms with E-state index in [0.717, 1.165) is 51.0 Å². The number of likely N-dealkylation sites (N-methyl/N-ethyl adjacent to an activating group) is 1. The first-order valence-electron chi connectivity index (χ1n) is 13.6. The number of anilines is 2. The number of piperazine rings is 1. The molecule has 0 bridgehead atoms. The van der Waals surface area contributed by atoms with Crippen molar-refractivity contribution in [3.8, 4) is 11.3 Å². The van der Waals surface area contributed by atoms with Gasteiger partial charge in [-0.05, 0) is 39.4 Å². The first-order chi connectivity index (χ1) is 18.8. The van der Waals surface area contributed by atoms with Gasteiger partial charge in [0.1, 0.15) is 17.0 Å². The fourth-order valence-electron chi connectivity index (χ4n) is 4.81. The third-order valence-electron chi connectivity index (χ3n) is 6.71. The quantitative estimate of drug-likeness (QED) is 0.337. The van der Waals surface area contributed by atoms with Crippen LogP contribution in [0.5, 0.6) is 0 Å². The Morgan fingerprint density at radius 2 is 1.51 bits per heavy atom. The van der Waals surface area contributed by atoms with Crippen LogP contribution >= 0.6 is 0 Å². The Morgan fingerprint density at radius 1 is 0.872 bits per heavy atom. The molecule has 1 aliphatic heterocycles. The molecule has 0 atom stereocenters. The highest BCUT2D eigenvalue weighted by atomic mass is 19.1. The molecule has 1 fully saturated rings. The van der Waals surface area contributed by atoms with Gasteiger partial charge < -0.3 is 9.47 Å². The van der Waals surface area contributed by atoms with Gasteiger partial charge in [0.15, 0.2) is 11.6 Å². The summed E-state index contributed by atoms with van der Waals surface area (Å²) >= 11 is 0. The summed E-state index contributed by atoms with van der Waals surface area (Å²) in [6.45, 7) is 18.0. The topological polar surface area (TPSA) is 87.9 Å². The van der Waals surface area contributed by atoms with Crippen LogP contribution in [0.15, 0.2) is 30.7 Å². The first-order valence-corrected chi connectivity index (χ1v) is 13.6. The van der Waals surface area contributed by atoms with Gasteiger partial charge in [0, 0.05) is 62.3 Å². The molecule has 0 amide bonds. The highest BCUT2D eigenvalue weighted by Gasteiger charge is 2.19. The Bertz CT molecular complexity index is 1390. The Balaban J connectivity index is 0.00000172. The number of hydrogen-bond acceptors (Lipinski definition) is 8. The Hall–Kier alpha value is -3.57. The van der Waals surface area contributed by atoms with Crippen LogP contribution in [0.4, 0.5) is 20.7 Å². The van der Waals surface area contributed by atoms with Gasteiger partial charge in [-0.2, -0.15) is 0 Å². The molecule has 3 aromatic heterocycles. The van der Waals surface area contributed by atoms with E-state index < -0.39 is 11.6 Å². The van der Waals surface area contributed by atoms with Gasteiger partial charge in [0.05, 0.1) is 11.7 Å². The molecule has 0 aliphatic carbocycles. The van der Waals surface area contributed by atoms with Crippen molar-refractivity contribution in [1.82, 2.24) is 39.3 Å². The van der Waals surface area contributed by atoms with Gasteiger partial charge in [-0.3, -0.25) is 10.2 Å². The van der Waals surface area contributed by atoms with Crippen molar-refractivity contribution in [2.45, 2.75) is 54.1 Å². The number of nitrogens with one attached hydrogen (secondary N) is 1. The lowest BCUT2D eigenvalue weighted by Crippen LogP contribution is -2.45. The summed E-state index contributed by atoms with van der Waals surface area (Å²) in [7, 11) is 0. The van der Waals surface area contributed by atoms with Crippen LogP contribution in [0.2, 0.25) is 0 Å². The molecule has 0 spiro atoms. The molecule has 9 nitrogen and oxygen atoms in total. The average Bonchev–Trinajstić information content (AvgIpc) is 3.29. The minimum atomic E-state index is -0.656. The largest absolute Gasteiger partial charge is 0.326 e. The minimum Gasteiger partial charge on any atom is -0.326 e. The molecule has 4 aromatic rings. The zero-order valence-electron chi connectivity index (χ0n) is 23.5. The summed E-state index contributed by atoms with van der Waals surface area (Å²) < 4.78 is 31.6. The van der Waals surface area contributed by atoms with Crippen molar-refractivity contribution in [1.29, 1.82) is 0 Å². The summed E-state index contributed by atoms with van der Waals surface area (Å²) in [5, 5.41) is 2.93. The van der Waals surface area contributed by atoms with E-state index in [2.05, 4.69) is 47.0 Å². The summed E-state index contributed by atoms with van der Waals surface area (Å²) in [6, 6.07) is 3.02. The third kappa shape index (κ3) is 6.36. The molecule has 1 N–H and O–H groups in total. The Kier molecular flexibility index (Phi) is 9.13. The highest BCUT2D eigenvalue weighted by molar-refractivity contribution is 5.83. The summed E-state index contributed by atoms with van der Waals surface area (Å²) in [6.07, 6.45) is 4.59. The molecule has 4 heterocycles. The van der Waals surface area contributed by atoms with Crippen molar-refractivity contribution < 1.29 is 8.78 Å². The molecular formula is C28H37F2N9. The number of imidazole rings is 1. The zero-order valence-corrected chi connectivity index (χ0v) is 23.5. The molecule has 1 aromatic carbocycles. The van der Waals surface area contributed by atoms with Crippen LogP contribution in [-0.4, -0.2) is 72.0 Å². The lowest BCUT2D eigenvalue weighted by atomic mass is 10.1. The predicted molar refractivity (Wildman–Crippen MR) is 150 cm³/mol. The zero-order chi connectivity index (χ0) is 28.1. The van der Waals surface area contributed by atoms with Crippen molar-refractivity contribution in [2.24, 2.45) is 0 Å². The first kappa shape index (κ1) is 28.4. The van der Waals surface area contributed by atoms with E-state index in [9.17, 15) is 8.78 Å². The SMILES string of the molecule is CC.CCN1CCN(Cc2cnc(Nc3ncc(F)c(-c4cc(F)c5nc(C)n(C(C)C)c5c4)n3)nc2)CC1. The fourth-order valence-corrected chi connectivity index (χ4v) is 4.81. The van der Waals surface area contributed by atoms with Crippen LogP contribution in [-0.2, 0) is 6.54 Å². The number of benzene rings is 1. The maximum Gasteiger partial charge on any atom is 0.230 e. The molecule has 5 rings (SSSR count). The van der Waals surface area contributed by atoms with Gasteiger partial charge in [-0.25, -0.2) is 33.7 Å². The number of aryl methyl sites for hydroxylation is 1. The van der Waals surface area contributed by atoms with E-state index in [1.165, 1.54) is 6.07 Å². The lowest BCUT2D eigenvalue weighted by Gasteiger charge is -2.33. The Morgan fingerprint density at radius 3 is 2.15 bits per heavy atom. The van der Waals surface area contributed by atoms with E-state index in [-0.39, 0.29) is 23.2 Å². The van der Waals surface area contributed by atoms with Crippen LogP contribution in [0.1, 0.15) is 52.0 Å². The second-order valence-corrected chi connectivity index (χ2v) is 9.59. The number of hydrogen-bond donors (Lipinski definition) is 1. The molecule has 208 valence electrons. The van der Waals surface area contributed by atoms with E-state index in [1.807, 2.05) is 39.2 Å². The molecule has 1 saturated heterocycles. The van der Waals surface area contributed by atoms with Crippen LogP contribution in [0, 0.1) is 18.6 Å². The molecule has 1 aliphatic rings. The third-order valence-corrected chi connectivity index (χ3v) is 6.71. The van der Waals surface area contributed by atoms with E-state index in [4.69, 9.17) is 0 Å². The van der Waals surface area contributed by atoms with Crippen LogP contribution < -0.4 is 5.32 Å². The Labute approximate surface area is 228 Å². The minimum absolute atomic E-state index is 0.0182. The maximum absolute atomic E-state index is 14.9. The molecule has 39 heavy (non-hydrogen) atoms. The molecule has 0 saturated carbocycles. The van der Waals surface area contributed by atoms with Gasteiger partial charge >= 0.3 is 0 Å². The predicted octanol–water partition coefficient (Wildman–Crippen LogP) is 5.36. The normalized spacial score (nSPS) is 14.5. The molecule has 0 radical (unpaired) electrons. The van der Waals surface area contributed by atoms with E-state index in [0.29, 0.717) is 22.9 Å². The summed E-state index contributed by atoms with van der Waals surface area (Å²) in [5.74, 6) is -0.0786. The molecular weight excluding hydrogens is 500 g/mol. The van der Waals surface area contributed by atoms with E-state index in [1.54, 1.807) is 18.5 Å². The summed E-state index contributed by atoms with van der Waals surface area (Å²) in [4.78, 5) is 26.3. The van der Waals surface area contributed by atoms with Gasteiger partial charge in [0.25, 0.3) is 0 Å². The maximum atomic E-state index is 14.9. The van der Waals surface area contributed by atoms with Gasteiger partial charge in [-0.1, -0.05) is 20.8 Å². The highest BCUT2D eigenvalue weighted by Crippen LogP contribution is 2.30. The monoisotopic (exact) mass is 537 g/mol. The van der Waals surface area contributed by atoms with Crippen molar-refractivity contribution >= 4 is 22.9 Å². The fraction of sp³-hybridized carbons (Fsp3) is 0.464. The molecule has 11 heteroatoms.